The first-order chi connectivity index (χ1) is 8.92. The number of carbonyl (C=O) groups is 1. The Balaban J connectivity index is 2.59. The number of rotatable bonds is 2. The first kappa shape index (κ1) is 13.4. The second kappa shape index (κ2) is 4.92. The molecule has 0 heterocycles. The summed E-state index contributed by atoms with van der Waals surface area (Å²) < 4.78 is 5.33. The maximum atomic E-state index is 12.5. The first-order valence-electron chi connectivity index (χ1n) is 6.30. The molecular weight excluding hydrogens is 238 g/mol. The van der Waals surface area contributed by atoms with E-state index in [-0.39, 0.29) is 11.4 Å². The number of hydrogen-bond donors (Lipinski definition) is 1. The second-order valence-electron chi connectivity index (χ2n) is 5.57. The molecule has 0 unspecified atom stereocenters. The van der Waals surface area contributed by atoms with E-state index in [1.807, 2.05) is 57.2 Å². The van der Waals surface area contributed by atoms with Crippen LogP contribution in [0.3, 0.4) is 0 Å². The van der Waals surface area contributed by atoms with Crippen molar-refractivity contribution in [2.75, 3.05) is 7.11 Å². The van der Waals surface area contributed by atoms with Crippen molar-refractivity contribution in [1.29, 1.82) is 0 Å². The van der Waals surface area contributed by atoms with Crippen molar-refractivity contribution in [3.63, 3.8) is 0 Å². The lowest BCUT2D eigenvalue weighted by Gasteiger charge is -2.22. The number of amides is 1. The molecular formula is C16H19NO2. The van der Waals surface area contributed by atoms with Gasteiger partial charge < -0.3 is 10.1 Å². The molecule has 3 nitrogen and oxygen atoms in total. The van der Waals surface area contributed by atoms with Crippen LogP contribution in [-0.2, 0) is 0 Å². The molecule has 2 aromatic carbocycles. The smallest absolute Gasteiger partial charge is 0.256 e. The highest BCUT2D eigenvalue weighted by Gasteiger charge is 2.20. The van der Waals surface area contributed by atoms with Crippen LogP contribution in [-0.4, -0.2) is 18.6 Å². The van der Waals surface area contributed by atoms with Gasteiger partial charge >= 0.3 is 0 Å². The summed E-state index contributed by atoms with van der Waals surface area (Å²) in [4.78, 5) is 12.5. The van der Waals surface area contributed by atoms with Crippen LogP contribution in [0.25, 0.3) is 10.8 Å². The summed E-state index contributed by atoms with van der Waals surface area (Å²) in [7, 11) is 1.58. The molecule has 0 aromatic heterocycles. The number of hydrogen-bond acceptors (Lipinski definition) is 2. The predicted octanol–water partition coefficient (Wildman–Crippen LogP) is 3.38. The van der Waals surface area contributed by atoms with Crippen molar-refractivity contribution >= 4 is 16.7 Å². The zero-order valence-electron chi connectivity index (χ0n) is 11.8. The molecule has 0 radical (unpaired) electrons. The summed E-state index contributed by atoms with van der Waals surface area (Å²) in [6.45, 7) is 5.88. The lowest BCUT2D eigenvalue weighted by atomic mass is 10.0. The zero-order valence-corrected chi connectivity index (χ0v) is 11.8. The van der Waals surface area contributed by atoms with Crippen molar-refractivity contribution in [2.45, 2.75) is 26.3 Å². The van der Waals surface area contributed by atoms with Gasteiger partial charge in [-0.25, -0.2) is 0 Å². The van der Waals surface area contributed by atoms with Gasteiger partial charge in [0.15, 0.2) is 0 Å². The fraction of sp³-hybridized carbons (Fsp3) is 0.312. The highest BCUT2D eigenvalue weighted by molar-refractivity contribution is 6.09. The van der Waals surface area contributed by atoms with Crippen LogP contribution in [0.1, 0.15) is 31.1 Å². The van der Waals surface area contributed by atoms with Crippen molar-refractivity contribution in [3.05, 3.63) is 42.0 Å². The van der Waals surface area contributed by atoms with E-state index in [9.17, 15) is 4.79 Å². The molecule has 0 saturated carbocycles. The standard InChI is InChI=1S/C16H19NO2/c1-16(2,3)17-15(18)14-12-8-6-5-7-11(12)9-10-13(14)19-4/h5-10H,1-4H3,(H,17,18). The highest BCUT2D eigenvalue weighted by Crippen LogP contribution is 2.28. The maximum absolute atomic E-state index is 12.5. The number of methoxy groups -OCH3 is 1. The Labute approximate surface area is 113 Å². The van der Waals surface area contributed by atoms with Gasteiger partial charge in [0.2, 0.25) is 0 Å². The monoisotopic (exact) mass is 257 g/mol. The molecule has 0 spiro atoms. The summed E-state index contributed by atoms with van der Waals surface area (Å²) in [5.74, 6) is 0.488. The molecule has 0 bridgehead atoms. The van der Waals surface area contributed by atoms with Gasteiger partial charge in [0.25, 0.3) is 5.91 Å². The Bertz CT molecular complexity index is 612. The average Bonchev–Trinajstić information content (AvgIpc) is 2.35. The van der Waals surface area contributed by atoms with E-state index in [1.54, 1.807) is 7.11 Å². The van der Waals surface area contributed by atoms with Gasteiger partial charge in [-0.3, -0.25) is 4.79 Å². The molecule has 0 aliphatic rings. The second-order valence-corrected chi connectivity index (χ2v) is 5.57. The summed E-state index contributed by atoms with van der Waals surface area (Å²) in [6.07, 6.45) is 0. The van der Waals surface area contributed by atoms with Crippen molar-refractivity contribution < 1.29 is 9.53 Å². The van der Waals surface area contributed by atoms with E-state index in [0.29, 0.717) is 11.3 Å². The normalized spacial score (nSPS) is 11.4. The van der Waals surface area contributed by atoms with Crippen LogP contribution in [0.2, 0.25) is 0 Å². The highest BCUT2D eigenvalue weighted by atomic mass is 16.5. The van der Waals surface area contributed by atoms with E-state index in [4.69, 9.17) is 4.74 Å². The molecule has 2 rings (SSSR count). The van der Waals surface area contributed by atoms with Gasteiger partial charge in [0, 0.05) is 5.54 Å². The Morgan fingerprint density at radius 3 is 2.42 bits per heavy atom. The minimum absolute atomic E-state index is 0.110. The number of carbonyl (C=O) groups excluding carboxylic acids is 1. The fourth-order valence-corrected chi connectivity index (χ4v) is 2.06. The van der Waals surface area contributed by atoms with Crippen LogP contribution in [0.15, 0.2) is 36.4 Å². The van der Waals surface area contributed by atoms with Gasteiger partial charge in [0.05, 0.1) is 12.7 Å². The van der Waals surface area contributed by atoms with Crippen LogP contribution in [0.5, 0.6) is 5.75 Å². The third-order valence-corrected chi connectivity index (χ3v) is 2.83. The molecule has 100 valence electrons. The van der Waals surface area contributed by atoms with Crippen LogP contribution in [0, 0.1) is 0 Å². The quantitative estimate of drug-likeness (QED) is 0.895. The first-order valence-corrected chi connectivity index (χ1v) is 6.30. The Morgan fingerprint density at radius 1 is 1.11 bits per heavy atom. The molecule has 0 atom stereocenters. The molecule has 0 aliphatic heterocycles. The average molecular weight is 257 g/mol. The van der Waals surface area contributed by atoms with Crippen LogP contribution >= 0.6 is 0 Å². The third kappa shape index (κ3) is 2.87. The SMILES string of the molecule is COc1ccc2ccccc2c1C(=O)NC(C)(C)C. The topological polar surface area (TPSA) is 38.3 Å². The van der Waals surface area contributed by atoms with Gasteiger partial charge in [-0.05, 0) is 37.6 Å². The van der Waals surface area contributed by atoms with E-state index >= 15 is 0 Å². The lowest BCUT2D eigenvalue weighted by Crippen LogP contribution is -2.40. The molecule has 0 aliphatic carbocycles. The van der Waals surface area contributed by atoms with E-state index in [0.717, 1.165) is 10.8 Å². The molecule has 1 amide bonds. The lowest BCUT2D eigenvalue weighted by molar-refractivity contribution is 0.0918. The number of fused-ring (bicyclic) bond motifs is 1. The number of nitrogens with one attached hydrogen (secondary N) is 1. The van der Waals surface area contributed by atoms with Gasteiger partial charge in [-0.1, -0.05) is 30.3 Å². The Kier molecular flexibility index (Phi) is 3.47. The van der Waals surface area contributed by atoms with Gasteiger partial charge in [0.1, 0.15) is 5.75 Å². The Morgan fingerprint density at radius 2 is 1.79 bits per heavy atom. The minimum Gasteiger partial charge on any atom is -0.496 e. The number of benzene rings is 2. The Hall–Kier alpha value is -2.03. The third-order valence-electron chi connectivity index (χ3n) is 2.83. The minimum atomic E-state index is -0.279. The van der Waals surface area contributed by atoms with E-state index < -0.39 is 0 Å². The van der Waals surface area contributed by atoms with E-state index in [2.05, 4.69) is 5.32 Å². The molecule has 19 heavy (non-hydrogen) atoms. The summed E-state index contributed by atoms with van der Waals surface area (Å²) in [6, 6.07) is 11.6. The number of ether oxygens (including phenoxy) is 1. The van der Waals surface area contributed by atoms with Crippen LogP contribution < -0.4 is 10.1 Å². The molecule has 2 aromatic rings. The van der Waals surface area contributed by atoms with Crippen molar-refractivity contribution in [3.8, 4) is 5.75 Å². The molecule has 0 saturated heterocycles. The largest absolute Gasteiger partial charge is 0.496 e. The van der Waals surface area contributed by atoms with E-state index in [1.165, 1.54) is 0 Å². The zero-order chi connectivity index (χ0) is 14.0. The van der Waals surface area contributed by atoms with Crippen molar-refractivity contribution in [1.82, 2.24) is 5.32 Å². The van der Waals surface area contributed by atoms with Crippen molar-refractivity contribution in [2.24, 2.45) is 0 Å². The van der Waals surface area contributed by atoms with Gasteiger partial charge in [-0.15, -0.1) is 0 Å². The van der Waals surface area contributed by atoms with Crippen LogP contribution in [0.4, 0.5) is 0 Å². The van der Waals surface area contributed by atoms with Gasteiger partial charge in [-0.2, -0.15) is 0 Å². The molecule has 3 heteroatoms. The molecule has 1 N–H and O–H groups in total. The predicted molar refractivity (Wildman–Crippen MR) is 77.7 cm³/mol. The summed E-state index contributed by atoms with van der Waals surface area (Å²) >= 11 is 0. The maximum Gasteiger partial charge on any atom is 0.256 e. The molecule has 0 fully saturated rings. The fourth-order valence-electron chi connectivity index (χ4n) is 2.06. The summed E-state index contributed by atoms with van der Waals surface area (Å²) in [5.41, 5.74) is 0.314. The summed E-state index contributed by atoms with van der Waals surface area (Å²) in [5, 5.41) is 4.92.